The standard InChI is InChI=1S/C26H26N2O6/c1-31-20-9-11-22(12-10-20)32-15-5-14-28-23-16-19(8-13-24(23)34-18-26(28)30)27-25(29)17-33-21-6-3-2-4-7-21/h2-4,6-13,16H,5,14-15,17-18H2,1H3,(H,27,29). The zero-order valence-electron chi connectivity index (χ0n) is 18.9. The van der Waals surface area contributed by atoms with Gasteiger partial charge in [-0.15, -0.1) is 0 Å². The lowest BCUT2D eigenvalue weighted by Gasteiger charge is -2.30. The fourth-order valence-corrected chi connectivity index (χ4v) is 3.47. The van der Waals surface area contributed by atoms with Gasteiger partial charge >= 0.3 is 0 Å². The van der Waals surface area contributed by atoms with Crippen LogP contribution >= 0.6 is 0 Å². The summed E-state index contributed by atoms with van der Waals surface area (Å²) in [5.74, 6) is 2.26. The number of methoxy groups -OCH3 is 1. The normalized spacial score (nSPS) is 12.4. The molecule has 1 N–H and O–H groups in total. The van der Waals surface area contributed by atoms with E-state index in [0.29, 0.717) is 42.4 Å². The number of amides is 2. The molecule has 1 aliphatic rings. The van der Waals surface area contributed by atoms with E-state index in [1.165, 1.54) is 0 Å². The fourth-order valence-electron chi connectivity index (χ4n) is 3.47. The van der Waals surface area contributed by atoms with Crippen LogP contribution in [0.2, 0.25) is 0 Å². The van der Waals surface area contributed by atoms with E-state index in [0.717, 1.165) is 11.5 Å². The second-order valence-electron chi connectivity index (χ2n) is 7.54. The topological polar surface area (TPSA) is 86.3 Å². The Morgan fingerprint density at radius 3 is 2.47 bits per heavy atom. The van der Waals surface area contributed by atoms with Crippen LogP contribution in [0.15, 0.2) is 72.8 Å². The number of carbonyl (C=O) groups is 2. The monoisotopic (exact) mass is 462 g/mol. The lowest BCUT2D eigenvalue weighted by Crippen LogP contribution is -2.39. The number of nitrogens with one attached hydrogen (secondary N) is 1. The van der Waals surface area contributed by atoms with Gasteiger partial charge in [-0.2, -0.15) is 0 Å². The second kappa shape index (κ2) is 11.1. The molecular formula is C26H26N2O6. The maximum absolute atomic E-state index is 12.5. The minimum absolute atomic E-state index is 0.0248. The molecule has 4 rings (SSSR count). The predicted molar refractivity (Wildman–Crippen MR) is 128 cm³/mol. The summed E-state index contributed by atoms with van der Waals surface area (Å²) in [7, 11) is 1.61. The van der Waals surface area contributed by atoms with Crippen LogP contribution in [0.4, 0.5) is 11.4 Å². The van der Waals surface area contributed by atoms with E-state index in [9.17, 15) is 9.59 Å². The molecule has 0 fully saturated rings. The number of fused-ring (bicyclic) bond motifs is 1. The highest BCUT2D eigenvalue weighted by Crippen LogP contribution is 2.34. The third-order valence-electron chi connectivity index (χ3n) is 5.15. The molecule has 8 heteroatoms. The first-order chi connectivity index (χ1) is 16.6. The van der Waals surface area contributed by atoms with Crippen molar-refractivity contribution >= 4 is 23.2 Å². The van der Waals surface area contributed by atoms with Gasteiger partial charge in [-0.25, -0.2) is 0 Å². The van der Waals surface area contributed by atoms with Gasteiger partial charge in [0.1, 0.15) is 23.0 Å². The third-order valence-corrected chi connectivity index (χ3v) is 5.15. The first-order valence-electron chi connectivity index (χ1n) is 10.9. The minimum Gasteiger partial charge on any atom is -0.497 e. The molecule has 0 aliphatic carbocycles. The Bertz CT molecular complexity index is 1120. The summed E-state index contributed by atoms with van der Waals surface area (Å²) >= 11 is 0. The van der Waals surface area contributed by atoms with Gasteiger partial charge in [0.25, 0.3) is 11.8 Å². The molecule has 1 aliphatic heterocycles. The van der Waals surface area contributed by atoms with Gasteiger partial charge in [0.15, 0.2) is 13.2 Å². The van der Waals surface area contributed by atoms with Crippen LogP contribution in [-0.2, 0) is 9.59 Å². The van der Waals surface area contributed by atoms with Gasteiger partial charge in [-0.05, 0) is 61.0 Å². The van der Waals surface area contributed by atoms with Crippen molar-refractivity contribution in [3.05, 3.63) is 72.8 Å². The highest BCUT2D eigenvalue weighted by atomic mass is 16.5. The van der Waals surface area contributed by atoms with Crippen molar-refractivity contribution in [2.24, 2.45) is 0 Å². The lowest BCUT2D eigenvalue weighted by atomic mass is 10.2. The van der Waals surface area contributed by atoms with Gasteiger partial charge in [0, 0.05) is 12.2 Å². The number of carbonyl (C=O) groups excluding carboxylic acids is 2. The number of ether oxygens (including phenoxy) is 4. The molecule has 34 heavy (non-hydrogen) atoms. The van der Waals surface area contributed by atoms with Gasteiger partial charge < -0.3 is 29.2 Å². The Morgan fingerprint density at radius 2 is 1.71 bits per heavy atom. The molecule has 3 aromatic carbocycles. The molecule has 0 unspecified atom stereocenters. The number of hydrogen-bond donors (Lipinski definition) is 1. The van der Waals surface area contributed by atoms with E-state index in [1.807, 2.05) is 42.5 Å². The van der Waals surface area contributed by atoms with E-state index in [-0.39, 0.29) is 25.0 Å². The molecular weight excluding hydrogens is 436 g/mol. The SMILES string of the molecule is COc1ccc(OCCCN2C(=O)COc3ccc(NC(=O)COc4ccccc4)cc32)cc1. The van der Waals surface area contributed by atoms with Crippen LogP contribution in [0.1, 0.15) is 6.42 Å². The number of rotatable bonds is 10. The van der Waals surface area contributed by atoms with Crippen LogP contribution in [0.3, 0.4) is 0 Å². The summed E-state index contributed by atoms with van der Waals surface area (Å²) < 4.78 is 21.9. The zero-order valence-corrected chi connectivity index (χ0v) is 18.9. The van der Waals surface area contributed by atoms with Gasteiger partial charge in [0.05, 0.1) is 19.4 Å². The van der Waals surface area contributed by atoms with E-state index < -0.39 is 0 Å². The predicted octanol–water partition coefficient (Wildman–Crippen LogP) is 3.91. The smallest absolute Gasteiger partial charge is 0.265 e. The highest BCUT2D eigenvalue weighted by Gasteiger charge is 2.25. The molecule has 0 bridgehead atoms. The minimum atomic E-state index is -0.300. The molecule has 0 saturated heterocycles. The molecule has 0 aromatic heterocycles. The largest absolute Gasteiger partial charge is 0.497 e. The quantitative estimate of drug-likeness (QED) is 0.460. The van der Waals surface area contributed by atoms with Crippen LogP contribution < -0.4 is 29.2 Å². The lowest BCUT2D eigenvalue weighted by molar-refractivity contribution is -0.121. The van der Waals surface area contributed by atoms with Crippen molar-refractivity contribution in [3.63, 3.8) is 0 Å². The summed E-state index contributed by atoms with van der Waals surface area (Å²) in [5.41, 5.74) is 1.17. The summed E-state index contributed by atoms with van der Waals surface area (Å²) in [5, 5.41) is 2.80. The number of anilines is 2. The van der Waals surface area contributed by atoms with Gasteiger partial charge in [-0.1, -0.05) is 18.2 Å². The molecule has 0 atom stereocenters. The summed E-state index contributed by atoms with van der Waals surface area (Å²) in [6, 6.07) is 21.7. The van der Waals surface area contributed by atoms with E-state index in [2.05, 4.69) is 5.32 Å². The van der Waals surface area contributed by atoms with Crippen molar-refractivity contribution in [2.75, 3.05) is 43.7 Å². The maximum atomic E-state index is 12.5. The van der Waals surface area contributed by atoms with E-state index in [4.69, 9.17) is 18.9 Å². The first kappa shape index (κ1) is 23.0. The average Bonchev–Trinajstić information content (AvgIpc) is 2.87. The Kier molecular flexibility index (Phi) is 7.49. The molecule has 176 valence electrons. The Morgan fingerprint density at radius 1 is 0.971 bits per heavy atom. The van der Waals surface area contributed by atoms with Crippen LogP contribution in [-0.4, -0.2) is 45.3 Å². The average molecular weight is 463 g/mol. The van der Waals surface area contributed by atoms with E-state index in [1.54, 1.807) is 42.3 Å². The molecule has 0 saturated carbocycles. The molecule has 0 spiro atoms. The van der Waals surface area contributed by atoms with Crippen molar-refractivity contribution < 1.29 is 28.5 Å². The van der Waals surface area contributed by atoms with Crippen molar-refractivity contribution in [3.8, 4) is 23.0 Å². The second-order valence-corrected chi connectivity index (χ2v) is 7.54. The Labute approximate surface area is 198 Å². The summed E-state index contributed by atoms with van der Waals surface area (Å²) in [6.45, 7) is 0.755. The molecule has 0 radical (unpaired) electrons. The maximum Gasteiger partial charge on any atom is 0.265 e. The summed E-state index contributed by atoms with van der Waals surface area (Å²) in [6.07, 6.45) is 0.624. The number of para-hydroxylation sites is 1. The summed E-state index contributed by atoms with van der Waals surface area (Å²) in [4.78, 5) is 26.5. The van der Waals surface area contributed by atoms with E-state index >= 15 is 0 Å². The number of hydrogen-bond acceptors (Lipinski definition) is 6. The van der Waals surface area contributed by atoms with Crippen molar-refractivity contribution in [1.82, 2.24) is 0 Å². The molecule has 3 aromatic rings. The fraction of sp³-hybridized carbons (Fsp3) is 0.231. The van der Waals surface area contributed by atoms with Gasteiger partial charge in [-0.3, -0.25) is 9.59 Å². The third kappa shape index (κ3) is 5.98. The Hall–Kier alpha value is -4.20. The molecule has 1 heterocycles. The number of benzene rings is 3. The highest BCUT2D eigenvalue weighted by molar-refractivity contribution is 5.99. The van der Waals surface area contributed by atoms with Gasteiger partial charge in [0.2, 0.25) is 0 Å². The number of nitrogens with zero attached hydrogens (tertiary/aromatic N) is 1. The molecule has 8 nitrogen and oxygen atoms in total. The van der Waals surface area contributed by atoms with Crippen molar-refractivity contribution in [1.29, 1.82) is 0 Å². The Balaban J connectivity index is 1.33. The van der Waals surface area contributed by atoms with Crippen LogP contribution in [0.5, 0.6) is 23.0 Å². The zero-order chi connectivity index (χ0) is 23.8. The van der Waals surface area contributed by atoms with Crippen molar-refractivity contribution in [2.45, 2.75) is 6.42 Å². The van der Waals surface area contributed by atoms with Crippen LogP contribution in [0.25, 0.3) is 0 Å². The molecule has 2 amide bonds. The van der Waals surface area contributed by atoms with Crippen LogP contribution in [0, 0.1) is 0 Å². The first-order valence-corrected chi connectivity index (χ1v) is 10.9.